The van der Waals surface area contributed by atoms with E-state index in [0.717, 1.165) is 25.1 Å². The van der Waals surface area contributed by atoms with Gasteiger partial charge in [0.25, 0.3) is 5.91 Å². The largest absolute Gasteiger partial charge is 0.452 e. The number of benzene rings is 1. The van der Waals surface area contributed by atoms with Crippen LogP contribution in [0.2, 0.25) is 0 Å². The van der Waals surface area contributed by atoms with E-state index >= 15 is 0 Å². The third-order valence-electron chi connectivity index (χ3n) is 5.21. The van der Waals surface area contributed by atoms with Gasteiger partial charge in [-0.3, -0.25) is 9.59 Å². The lowest BCUT2D eigenvalue weighted by molar-refractivity contribution is -0.135. The van der Waals surface area contributed by atoms with Crippen molar-refractivity contribution < 1.29 is 19.1 Å². The van der Waals surface area contributed by atoms with E-state index in [-0.39, 0.29) is 24.5 Å². The van der Waals surface area contributed by atoms with E-state index in [0.29, 0.717) is 36.2 Å². The number of esters is 1. The van der Waals surface area contributed by atoms with Gasteiger partial charge in [-0.15, -0.1) is 0 Å². The summed E-state index contributed by atoms with van der Waals surface area (Å²) in [4.78, 5) is 41.1. The summed E-state index contributed by atoms with van der Waals surface area (Å²) < 4.78 is 5.28. The number of amides is 2. The number of anilines is 2. The zero-order valence-electron chi connectivity index (χ0n) is 17.7. The molecule has 0 radical (unpaired) electrons. The fourth-order valence-corrected chi connectivity index (χ4v) is 4.02. The van der Waals surface area contributed by atoms with E-state index in [9.17, 15) is 14.4 Å². The molecule has 3 rings (SSSR count). The van der Waals surface area contributed by atoms with Gasteiger partial charge in [0.05, 0.1) is 16.9 Å². The lowest BCUT2D eigenvalue weighted by Crippen LogP contribution is -2.44. The molecule has 1 aromatic rings. The fraction of sp³-hybridized carbons (Fsp3) is 0.591. The zero-order chi connectivity index (χ0) is 21.1. The SMILES string of the molecule is CC(C)CN(CC(C)C)C(=O)COC(=O)c1ccc2c(c1)NC(=O)[C@@H]1CCCN21. The van der Waals surface area contributed by atoms with Gasteiger partial charge in [-0.25, -0.2) is 4.79 Å². The summed E-state index contributed by atoms with van der Waals surface area (Å²) in [5.41, 5.74) is 1.88. The molecule has 7 nitrogen and oxygen atoms in total. The quantitative estimate of drug-likeness (QED) is 0.711. The average Bonchev–Trinajstić information content (AvgIpc) is 3.15. The Kier molecular flexibility index (Phi) is 6.45. The molecule has 1 saturated heterocycles. The Balaban J connectivity index is 1.64. The first-order chi connectivity index (χ1) is 13.8. The minimum absolute atomic E-state index is 0.0336. The third kappa shape index (κ3) is 4.89. The second-order valence-electron chi connectivity index (χ2n) is 8.74. The maximum absolute atomic E-state index is 12.5. The zero-order valence-corrected chi connectivity index (χ0v) is 17.7. The highest BCUT2D eigenvalue weighted by Gasteiger charge is 2.36. The van der Waals surface area contributed by atoms with Crippen molar-refractivity contribution in [2.24, 2.45) is 11.8 Å². The maximum Gasteiger partial charge on any atom is 0.338 e. The highest BCUT2D eigenvalue weighted by molar-refractivity contribution is 6.05. The van der Waals surface area contributed by atoms with Crippen molar-refractivity contribution in [1.29, 1.82) is 0 Å². The van der Waals surface area contributed by atoms with Crippen molar-refractivity contribution in [3.63, 3.8) is 0 Å². The number of hydrogen-bond acceptors (Lipinski definition) is 5. The fourth-order valence-electron chi connectivity index (χ4n) is 4.02. The monoisotopic (exact) mass is 401 g/mol. The molecule has 2 aliphatic rings. The molecule has 1 atom stereocenters. The molecule has 0 spiro atoms. The number of nitrogens with zero attached hydrogens (tertiary/aromatic N) is 2. The Labute approximate surface area is 172 Å². The summed E-state index contributed by atoms with van der Waals surface area (Å²) in [6.07, 6.45) is 1.83. The summed E-state index contributed by atoms with van der Waals surface area (Å²) in [5, 5.41) is 2.89. The highest BCUT2D eigenvalue weighted by Crippen LogP contribution is 2.37. The summed E-state index contributed by atoms with van der Waals surface area (Å²) in [7, 11) is 0. The molecule has 29 heavy (non-hydrogen) atoms. The van der Waals surface area contributed by atoms with E-state index in [1.165, 1.54) is 0 Å². The van der Waals surface area contributed by atoms with Gasteiger partial charge in [0.1, 0.15) is 6.04 Å². The van der Waals surface area contributed by atoms with E-state index in [4.69, 9.17) is 4.74 Å². The van der Waals surface area contributed by atoms with Crippen LogP contribution in [0.25, 0.3) is 0 Å². The summed E-state index contributed by atoms with van der Waals surface area (Å²) in [6, 6.07) is 5.05. The normalized spacial score (nSPS) is 17.8. The molecule has 0 saturated carbocycles. The Morgan fingerprint density at radius 1 is 1.21 bits per heavy atom. The van der Waals surface area contributed by atoms with Crippen molar-refractivity contribution in [3.8, 4) is 0 Å². The van der Waals surface area contributed by atoms with Crippen LogP contribution >= 0.6 is 0 Å². The molecule has 2 amide bonds. The molecule has 2 heterocycles. The first-order valence-corrected chi connectivity index (χ1v) is 10.4. The number of hydrogen-bond donors (Lipinski definition) is 1. The van der Waals surface area contributed by atoms with Crippen LogP contribution in [0.3, 0.4) is 0 Å². The molecule has 1 aromatic carbocycles. The molecule has 1 fully saturated rings. The van der Waals surface area contributed by atoms with E-state index < -0.39 is 5.97 Å². The summed E-state index contributed by atoms with van der Waals surface area (Å²) in [6.45, 7) is 10.0. The molecular weight excluding hydrogens is 370 g/mol. The Morgan fingerprint density at radius 3 is 2.55 bits per heavy atom. The number of carbonyl (C=O) groups excluding carboxylic acids is 3. The van der Waals surface area contributed by atoms with Crippen LogP contribution in [0, 0.1) is 11.8 Å². The molecule has 7 heteroatoms. The second kappa shape index (κ2) is 8.84. The lowest BCUT2D eigenvalue weighted by atomic mass is 10.1. The molecule has 1 N–H and O–H groups in total. The second-order valence-corrected chi connectivity index (χ2v) is 8.74. The predicted molar refractivity (Wildman–Crippen MR) is 112 cm³/mol. The van der Waals surface area contributed by atoms with E-state index in [2.05, 4.69) is 37.9 Å². The predicted octanol–water partition coefficient (Wildman–Crippen LogP) is 2.90. The van der Waals surface area contributed by atoms with Crippen LogP contribution in [-0.4, -0.2) is 55.0 Å². The number of carbonyl (C=O) groups is 3. The van der Waals surface area contributed by atoms with Gasteiger partial charge < -0.3 is 19.9 Å². The standard InChI is InChI=1S/C22H31N3O4/c1-14(2)11-24(12-15(3)4)20(26)13-29-22(28)16-7-8-18-17(10-16)23-21(27)19-6-5-9-25(18)19/h7-8,10,14-15,19H,5-6,9,11-13H2,1-4H3,(H,23,27)/t19-/m0/s1. The van der Waals surface area contributed by atoms with Crippen LogP contribution < -0.4 is 10.2 Å². The van der Waals surface area contributed by atoms with Gasteiger partial charge in [0.15, 0.2) is 6.61 Å². The van der Waals surface area contributed by atoms with Gasteiger partial charge in [-0.1, -0.05) is 27.7 Å². The van der Waals surface area contributed by atoms with Gasteiger partial charge in [-0.2, -0.15) is 0 Å². The molecule has 158 valence electrons. The van der Waals surface area contributed by atoms with Crippen molar-refractivity contribution in [1.82, 2.24) is 4.90 Å². The first-order valence-electron chi connectivity index (χ1n) is 10.4. The average molecular weight is 402 g/mol. The topological polar surface area (TPSA) is 79.0 Å². The third-order valence-corrected chi connectivity index (χ3v) is 5.21. The minimum Gasteiger partial charge on any atom is -0.452 e. The van der Waals surface area contributed by atoms with Crippen LogP contribution in [-0.2, 0) is 14.3 Å². The van der Waals surface area contributed by atoms with Crippen molar-refractivity contribution in [2.75, 3.05) is 36.5 Å². The van der Waals surface area contributed by atoms with Crippen molar-refractivity contribution in [3.05, 3.63) is 23.8 Å². The number of fused-ring (bicyclic) bond motifs is 3. The van der Waals surface area contributed by atoms with Crippen LogP contribution in [0.5, 0.6) is 0 Å². The minimum atomic E-state index is -0.562. The van der Waals surface area contributed by atoms with E-state index in [1.807, 2.05) is 6.07 Å². The summed E-state index contributed by atoms with van der Waals surface area (Å²) >= 11 is 0. The van der Waals surface area contributed by atoms with E-state index in [1.54, 1.807) is 17.0 Å². The van der Waals surface area contributed by atoms with Crippen LogP contribution in [0.1, 0.15) is 50.9 Å². The van der Waals surface area contributed by atoms with Crippen molar-refractivity contribution >= 4 is 29.2 Å². The number of rotatable bonds is 7. The molecule has 2 aliphatic heterocycles. The van der Waals surface area contributed by atoms with Crippen LogP contribution in [0.4, 0.5) is 11.4 Å². The Morgan fingerprint density at radius 2 is 1.90 bits per heavy atom. The Bertz CT molecular complexity index is 780. The highest BCUT2D eigenvalue weighted by atomic mass is 16.5. The van der Waals surface area contributed by atoms with Gasteiger partial charge in [-0.05, 0) is 42.9 Å². The smallest absolute Gasteiger partial charge is 0.338 e. The van der Waals surface area contributed by atoms with Gasteiger partial charge in [0, 0.05) is 19.6 Å². The first kappa shape index (κ1) is 21.1. The van der Waals surface area contributed by atoms with Gasteiger partial charge >= 0.3 is 5.97 Å². The lowest BCUT2D eigenvalue weighted by Gasteiger charge is -2.33. The van der Waals surface area contributed by atoms with Crippen LogP contribution in [0.15, 0.2) is 18.2 Å². The molecular formula is C22H31N3O4. The number of ether oxygens (including phenoxy) is 1. The summed E-state index contributed by atoms with van der Waals surface area (Å²) in [5.74, 6) is -0.104. The van der Waals surface area contributed by atoms with Crippen molar-refractivity contribution in [2.45, 2.75) is 46.6 Å². The molecule has 0 aliphatic carbocycles. The maximum atomic E-state index is 12.5. The Hall–Kier alpha value is -2.57. The molecule has 0 aromatic heterocycles. The molecule has 0 bridgehead atoms. The molecule has 0 unspecified atom stereocenters. The number of nitrogens with one attached hydrogen (secondary N) is 1. The van der Waals surface area contributed by atoms with Gasteiger partial charge in [0.2, 0.25) is 5.91 Å².